The van der Waals surface area contributed by atoms with E-state index in [4.69, 9.17) is 16.3 Å². The molecular formula is C23H28ClN3O4S. The molecule has 2 aromatic rings. The van der Waals surface area contributed by atoms with Crippen LogP contribution in [-0.4, -0.2) is 47.4 Å². The van der Waals surface area contributed by atoms with Crippen LogP contribution < -0.4 is 5.32 Å². The topological polar surface area (TPSA) is 88.6 Å². The molecule has 1 fully saturated rings. The van der Waals surface area contributed by atoms with Gasteiger partial charge in [-0.3, -0.25) is 19.7 Å². The first-order chi connectivity index (χ1) is 15.4. The van der Waals surface area contributed by atoms with Crippen molar-refractivity contribution in [1.29, 1.82) is 0 Å². The third kappa shape index (κ3) is 7.31. The first-order valence-corrected chi connectivity index (χ1v) is 12.1. The summed E-state index contributed by atoms with van der Waals surface area (Å²) < 4.78 is 4.96. The van der Waals surface area contributed by atoms with Gasteiger partial charge in [0.15, 0.2) is 5.13 Å². The summed E-state index contributed by atoms with van der Waals surface area (Å²) in [7, 11) is 0. The lowest BCUT2D eigenvalue weighted by molar-refractivity contribution is -0.143. The zero-order valence-corrected chi connectivity index (χ0v) is 19.7. The molecule has 0 aliphatic carbocycles. The SMILES string of the molecule is CCOC(=O)CCCC1CCN(C(=O)Cc2csc(NC(=O)c3ccc(Cl)cc3)n2)CC1. The highest BCUT2D eigenvalue weighted by atomic mass is 35.5. The number of amides is 2. The number of halogens is 1. The van der Waals surface area contributed by atoms with Gasteiger partial charge in [-0.05, 0) is 62.8 Å². The predicted molar refractivity (Wildman–Crippen MR) is 125 cm³/mol. The second kappa shape index (κ2) is 12.0. The van der Waals surface area contributed by atoms with Gasteiger partial charge in [-0.2, -0.15) is 0 Å². The van der Waals surface area contributed by atoms with E-state index >= 15 is 0 Å². The van der Waals surface area contributed by atoms with Crippen LogP contribution in [-0.2, 0) is 20.7 Å². The lowest BCUT2D eigenvalue weighted by Gasteiger charge is -2.32. The Hall–Kier alpha value is -2.45. The lowest BCUT2D eigenvalue weighted by atomic mass is 9.91. The van der Waals surface area contributed by atoms with Gasteiger partial charge in [0, 0.05) is 35.5 Å². The summed E-state index contributed by atoms with van der Waals surface area (Å²) in [6, 6.07) is 6.62. The van der Waals surface area contributed by atoms with Crippen LogP contribution in [0.2, 0.25) is 5.02 Å². The number of anilines is 1. The number of nitrogens with one attached hydrogen (secondary N) is 1. The van der Waals surface area contributed by atoms with Crippen LogP contribution in [0, 0.1) is 5.92 Å². The van der Waals surface area contributed by atoms with Gasteiger partial charge in [-0.15, -0.1) is 11.3 Å². The predicted octanol–water partition coefficient (Wildman–Crippen LogP) is 4.56. The summed E-state index contributed by atoms with van der Waals surface area (Å²) in [5.74, 6) is 0.198. The van der Waals surface area contributed by atoms with Crippen molar-refractivity contribution in [3.8, 4) is 0 Å². The van der Waals surface area contributed by atoms with Crippen molar-refractivity contribution < 1.29 is 19.1 Å². The molecule has 0 radical (unpaired) electrons. The Kier molecular flexibility index (Phi) is 9.05. The molecule has 7 nitrogen and oxygen atoms in total. The van der Waals surface area contributed by atoms with E-state index in [-0.39, 0.29) is 24.2 Å². The van der Waals surface area contributed by atoms with Gasteiger partial charge in [-0.25, -0.2) is 4.98 Å². The Morgan fingerprint density at radius 3 is 2.62 bits per heavy atom. The molecule has 2 amide bonds. The van der Waals surface area contributed by atoms with Gasteiger partial charge < -0.3 is 9.64 Å². The van der Waals surface area contributed by atoms with Crippen molar-refractivity contribution >= 4 is 45.9 Å². The lowest BCUT2D eigenvalue weighted by Crippen LogP contribution is -2.39. The number of carbonyl (C=O) groups excluding carboxylic acids is 3. The Morgan fingerprint density at radius 2 is 1.94 bits per heavy atom. The van der Waals surface area contributed by atoms with Crippen molar-refractivity contribution in [3.63, 3.8) is 0 Å². The first-order valence-electron chi connectivity index (χ1n) is 10.9. The highest BCUT2D eigenvalue weighted by Crippen LogP contribution is 2.24. The summed E-state index contributed by atoms with van der Waals surface area (Å²) in [5.41, 5.74) is 1.15. The molecule has 0 atom stereocenters. The number of rotatable bonds is 9. The number of benzene rings is 1. The van der Waals surface area contributed by atoms with Gasteiger partial charge in [0.2, 0.25) is 5.91 Å². The monoisotopic (exact) mass is 477 g/mol. The maximum atomic E-state index is 12.7. The fraction of sp³-hybridized carbons (Fsp3) is 0.478. The van der Waals surface area contributed by atoms with E-state index in [0.717, 1.165) is 38.8 Å². The molecule has 1 aliphatic heterocycles. The molecule has 0 spiro atoms. The van der Waals surface area contributed by atoms with E-state index in [1.165, 1.54) is 11.3 Å². The first kappa shape index (κ1) is 24.2. The number of esters is 1. The molecule has 1 N–H and O–H groups in total. The van der Waals surface area contributed by atoms with Crippen LogP contribution in [0.3, 0.4) is 0 Å². The fourth-order valence-corrected chi connectivity index (χ4v) is 4.55. The highest BCUT2D eigenvalue weighted by Gasteiger charge is 2.23. The van der Waals surface area contributed by atoms with Gasteiger partial charge in [-0.1, -0.05) is 11.6 Å². The van der Waals surface area contributed by atoms with Gasteiger partial charge >= 0.3 is 5.97 Å². The second-order valence-corrected chi connectivity index (χ2v) is 9.10. The van der Waals surface area contributed by atoms with Crippen molar-refractivity contribution in [2.75, 3.05) is 25.0 Å². The number of carbonyl (C=O) groups is 3. The maximum absolute atomic E-state index is 12.7. The molecule has 1 aromatic carbocycles. The molecule has 2 heterocycles. The Morgan fingerprint density at radius 1 is 1.22 bits per heavy atom. The average molecular weight is 478 g/mol. The number of aromatic nitrogens is 1. The van der Waals surface area contributed by atoms with Crippen molar-refractivity contribution in [3.05, 3.63) is 45.9 Å². The van der Waals surface area contributed by atoms with Crippen LogP contribution in [0.1, 0.15) is 55.1 Å². The standard InChI is InChI=1S/C23H28ClN3O4S/c1-2-31-21(29)5-3-4-16-10-12-27(13-11-16)20(28)14-19-15-32-23(25-19)26-22(30)17-6-8-18(24)9-7-17/h6-9,15-16H,2-5,10-14H2,1H3,(H,25,26,30). The zero-order valence-electron chi connectivity index (χ0n) is 18.1. The van der Waals surface area contributed by atoms with Crippen LogP contribution in [0.25, 0.3) is 0 Å². The minimum Gasteiger partial charge on any atom is -0.466 e. The third-order valence-electron chi connectivity index (χ3n) is 5.48. The number of piperidine rings is 1. The molecule has 1 saturated heterocycles. The largest absolute Gasteiger partial charge is 0.466 e. The van der Waals surface area contributed by atoms with Gasteiger partial charge in [0.05, 0.1) is 18.7 Å². The van der Waals surface area contributed by atoms with Crippen molar-refractivity contribution in [2.24, 2.45) is 5.92 Å². The number of hydrogen-bond acceptors (Lipinski definition) is 6. The van der Waals surface area contributed by atoms with Crippen LogP contribution in [0.4, 0.5) is 5.13 Å². The zero-order chi connectivity index (χ0) is 22.9. The third-order valence-corrected chi connectivity index (χ3v) is 6.54. The quantitative estimate of drug-likeness (QED) is 0.534. The molecule has 1 aromatic heterocycles. The summed E-state index contributed by atoms with van der Waals surface area (Å²) in [6.45, 7) is 3.70. The van der Waals surface area contributed by atoms with Crippen molar-refractivity contribution in [1.82, 2.24) is 9.88 Å². The molecule has 0 bridgehead atoms. The number of ether oxygens (including phenoxy) is 1. The summed E-state index contributed by atoms with van der Waals surface area (Å²) in [4.78, 5) is 42.7. The maximum Gasteiger partial charge on any atom is 0.305 e. The summed E-state index contributed by atoms with van der Waals surface area (Å²) >= 11 is 7.15. The van der Waals surface area contributed by atoms with E-state index in [1.54, 1.807) is 29.6 Å². The van der Waals surface area contributed by atoms with Crippen LogP contribution in [0.5, 0.6) is 0 Å². The summed E-state index contributed by atoms with van der Waals surface area (Å²) in [5, 5.41) is 5.60. The molecule has 0 unspecified atom stereocenters. The second-order valence-electron chi connectivity index (χ2n) is 7.80. The molecule has 0 saturated carbocycles. The summed E-state index contributed by atoms with van der Waals surface area (Å²) in [6.07, 6.45) is 4.42. The Labute approximate surface area is 197 Å². The average Bonchev–Trinajstić information content (AvgIpc) is 3.21. The van der Waals surface area contributed by atoms with Gasteiger partial charge in [0.1, 0.15) is 0 Å². The fourth-order valence-electron chi connectivity index (χ4n) is 3.72. The number of hydrogen-bond donors (Lipinski definition) is 1. The van der Waals surface area contributed by atoms with Crippen LogP contribution >= 0.6 is 22.9 Å². The Bertz CT molecular complexity index is 924. The van der Waals surface area contributed by atoms with E-state index in [2.05, 4.69) is 10.3 Å². The molecule has 32 heavy (non-hydrogen) atoms. The number of likely N-dealkylation sites (tertiary alicyclic amines) is 1. The van der Waals surface area contributed by atoms with E-state index in [1.807, 2.05) is 11.8 Å². The molecular weight excluding hydrogens is 450 g/mol. The van der Waals surface area contributed by atoms with Crippen molar-refractivity contribution in [2.45, 2.75) is 45.4 Å². The number of thiazole rings is 1. The van der Waals surface area contributed by atoms with Crippen LogP contribution in [0.15, 0.2) is 29.6 Å². The van der Waals surface area contributed by atoms with E-state index < -0.39 is 0 Å². The van der Waals surface area contributed by atoms with E-state index in [0.29, 0.717) is 40.4 Å². The van der Waals surface area contributed by atoms with Gasteiger partial charge in [0.25, 0.3) is 5.91 Å². The molecule has 9 heteroatoms. The smallest absolute Gasteiger partial charge is 0.305 e. The molecule has 3 rings (SSSR count). The molecule has 1 aliphatic rings. The minimum atomic E-state index is -0.265. The van der Waals surface area contributed by atoms with E-state index in [9.17, 15) is 14.4 Å². The minimum absolute atomic E-state index is 0.0517. The Balaban J connectivity index is 1.40. The number of nitrogens with zero attached hydrogens (tertiary/aromatic N) is 2. The normalized spacial score (nSPS) is 14.2. The molecule has 172 valence electrons. The highest BCUT2D eigenvalue weighted by molar-refractivity contribution is 7.14.